The fourth-order valence-corrected chi connectivity index (χ4v) is 3.60. The Hall–Kier alpha value is -2.83. The lowest BCUT2D eigenvalue weighted by Gasteiger charge is -2.32. The summed E-state index contributed by atoms with van der Waals surface area (Å²) in [6, 6.07) is 11.7. The maximum absolute atomic E-state index is 12.8. The summed E-state index contributed by atoms with van der Waals surface area (Å²) >= 11 is 0. The Morgan fingerprint density at radius 3 is 1.81 bits per heavy atom. The standard InChI is InChI=1S/C24H27F3N2O2/c1-23(2,3)18-8-6-17(7-9-18)22(31)29-14-12-20(13-15-29)28-21(30)16-4-10-19(11-5-16)24(25,26)27/h4-11,20H,12-15H2,1-3H3,(H,28,30). The molecule has 0 spiro atoms. The summed E-state index contributed by atoms with van der Waals surface area (Å²) in [5.41, 5.74) is 1.22. The monoisotopic (exact) mass is 432 g/mol. The molecule has 1 fully saturated rings. The van der Waals surface area contributed by atoms with E-state index in [4.69, 9.17) is 0 Å². The van der Waals surface area contributed by atoms with Crippen LogP contribution in [0.1, 0.15) is 65.5 Å². The molecule has 2 aromatic carbocycles. The van der Waals surface area contributed by atoms with Crippen LogP contribution in [-0.2, 0) is 11.6 Å². The average Bonchev–Trinajstić information content (AvgIpc) is 2.73. The molecule has 0 bridgehead atoms. The first-order valence-corrected chi connectivity index (χ1v) is 10.3. The summed E-state index contributed by atoms with van der Waals surface area (Å²) in [6.07, 6.45) is -3.24. The van der Waals surface area contributed by atoms with Crippen LogP contribution < -0.4 is 5.32 Å². The number of halogens is 3. The van der Waals surface area contributed by atoms with Gasteiger partial charge in [0.1, 0.15) is 0 Å². The van der Waals surface area contributed by atoms with Gasteiger partial charge in [-0.05, 0) is 60.2 Å². The third kappa shape index (κ3) is 5.66. The number of amides is 2. The summed E-state index contributed by atoms with van der Waals surface area (Å²) < 4.78 is 38.0. The minimum Gasteiger partial charge on any atom is -0.349 e. The molecule has 2 aromatic rings. The fraction of sp³-hybridized carbons (Fsp3) is 0.417. The Balaban J connectivity index is 1.53. The number of nitrogens with one attached hydrogen (secondary N) is 1. The summed E-state index contributed by atoms with van der Waals surface area (Å²) in [6.45, 7) is 7.38. The number of carbonyl (C=O) groups is 2. The Bertz CT molecular complexity index is 921. The molecule has 166 valence electrons. The first-order valence-electron chi connectivity index (χ1n) is 10.3. The van der Waals surface area contributed by atoms with Gasteiger partial charge in [-0.2, -0.15) is 13.2 Å². The highest BCUT2D eigenvalue weighted by Gasteiger charge is 2.30. The average molecular weight is 432 g/mol. The Morgan fingerprint density at radius 1 is 0.839 bits per heavy atom. The molecule has 0 aliphatic carbocycles. The van der Waals surface area contributed by atoms with Crippen LogP contribution >= 0.6 is 0 Å². The first-order chi connectivity index (χ1) is 14.4. The van der Waals surface area contributed by atoms with Crippen molar-refractivity contribution < 1.29 is 22.8 Å². The van der Waals surface area contributed by atoms with Crippen molar-refractivity contribution in [1.82, 2.24) is 10.2 Å². The highest BCUT2D eigenvalue weighted by molar-refractivity contribution is 5.95. The number of alkyl halides is 3. The van der Waals surface area contributed by atoms with Crippen LogP contribution in [0, 0.1) is 0 Å². The second-order valence-electron chi connectivity index (χ2n) is 8.94. The van der Waals surface area contributed by atoms with Crippen molar-refractivity contribution in [2.45, 2.75) is 51.2 Å². The van der Waals surface area contributed by atoms with Gasteiger partial charge >= 0.3 is 6.18 Å². The second-order valence-corrected chi connectivity index (χ2v) is 8.94. The van der Waals surface area contributed by atoms with Crippen LogP contribution in [0.2, 0.25) is 0 Å². The van der Waals surface area contributed by atoms with Crippen LogP contribution in [0.5, 0.6) is 0 Å². The van der Waals surface area contributed by atoms with Gasteiger partial charge in [0.25, 0.3) is 11.8 Å². The molecule has 7 heteroatoms. The van der Waals surface area contributed by atoms with Crippen molar-refractivity contribution in [3.63, 3.8) is 0 Å². The van der Waals surface area contributed by atoms with Gasteiger partial charge in [-0.1, -0.05) is 32.9 Å². The van der Waals surface area contributed by atoms with E-state index in [0.717, 1.165) is 17.7 Å². The van der Waals surface area contributed by atoms with Crippen LogP contribution in [-0.4, -0.2) is 35.8 Å². The third-order valence-electron chi connectivity index (χ3n) is 5.59. The number of likely N-dealkylation sites (tertiary alicyclic amines) is 1. The van der Waals surface area contributed by atoms with E-state index in [1.54, 1.807) is 4.90 Å². The van der Waals surface area contributed by atoms with Crippen LogP contribution in [0.15, 0.2) is 48.5 Å². The quantitative estimate of drug-likeness (QED) is 0.739. The third-order valence-corrected chi connectivity index (χ3v) is 5.59. The van der Waals surface area contributed by atoms with Gasteiger partial charge in [0.2, 0.25) is 0 Å². The summed E-state index contributed by atoms with van der Waals surface area (Å²) in [5.74, 6) is -0.441. The largest absolute Gasteiger partial charge is 0.416 e. The van der Waals surface area contributed by atoms with E-state index in [2.05, 4.69) is 26.1 Å². The van der Waals surface area contributed by atoms with E-state index in [0.29, 0.717) is 31.5 Å². The molecule has 0 atom stereocenters. The summed E-state index contributed by atoms with van der Waals surface area (Å²) in [5, 5.41) is 2.86. The molecule has 1 heterocycles. The summed E-state index contributed by atoms with van der Waals surface area (Å²) in [7, 11) is 0. The SMILES string of the molecule is CC(C)(C)c1ccc(C(=O)N2CCC(NC(=O)c3ccc(C(F)(F)F)cc3)CC2)cc1. The Morgan fingerprint density at radius 2 is 1.32 bits per heavy atom. The van der Waals surface area contributed by atoms with Gasteiger partial charge in [0, 0.05) is 30.3 Å². The number of hydrogen-bond donors (Lipinski definition) is 1. The van der Waals surface area contributed by atoms with E-state index < -0.39 is 17.6 Å². The molecule has 3 rings (SSSR count). The predicted octanol–water partition coefficient (Wildman–Crippen LogP) is 5.04. The topological polar surface area (TPSA) is 49.4 Å². The van der Waals surface area contributed by atoms with Crippen molar-refractivity contribution >= 4 is 11.8 Å². The van der Waals surface area contributed by atoms with Crippen LogP contribution in [0.25, 0.3) is 0 Å². The molecular weight excluding hydrogens is 405 g/mol. The summed E-state index contributed by atoms with van der Waals surface area (Å²) in [4.78, 5) is 26.9. The van der Waals surface area contributed by atoms with Crippen molar-refractivity contribution in [1.29, 1.82) is 0 Å². The smallest absolute Gasteiger partial charge is 0.349 e. The van der Waals surface area contributed by atoms with Crippen molar-refractivity contribution in [2.24, 2.45) is 0 Å². The number of rotatable bonds is 3. The fourth-order valence-electron chi connectivity index (χ4n) is 3.60. The zero-order valence-electron chi connectivity index (χ0n) is 17.9. The van der Waals surface area contributed by atoms with Gasteiger partial charge < -0.3 is 10.2 Å². The number of carbonyl (C=O) groups excluding carboxylic acids is 2. The van der Waals surface area contributed by atoms with E-state index >= 15 is 0 Å². The molecular formula is C24H27F3N2O2. The Kier molecular flexibility index (Phi) is 6.43. The number of benzene rings is 2. The van der Waals surface area contributed by atoms with E-state index in [-0.39, 0.29) is 22.9 Å². The highest BCUT2D eigenvalue weighted by atomic mass is 19.4. The normalized spacial score (nSPS) is 15.6. The highest BCUT2D eigenvalue weighted by Crippen LogP contribution is 2.29. The zero-order valence-corrected chi connectivity index (χ0v) is 17.9. The van der Waals surface area contributed by atoms with Crippen molar-refractivity contribution in [2.75, 3.05) is 13.1 Å². The minimum absolute atomic E-state index is 0.0190. The van der Waals surface area contributed by atoms with Crippen molar-refractivity contribution in [3.05, 3.63) is 70.8 Å². The second kappa shape index (κ2) is 8.73. The lowest BCUT2D eigenvalue weighted by atomic mass is 9.86. The van der Waals surface area contributed by atoms with Gasteiger partial charge in [-0.3, -0.25) is 9.59 Å². The molecule has 1 aliphatic heterocycles. The van der Waals surface area contributed by atoms with Crippen molar-refractivity contribution in [3.8, 4) is 0 Å². The van der Waals surface area contributed by atoms with Gasteiger partial charge in [0.15, 0.2) is 0 Å². The molecule has 0 saturated carbocycles. The molecule has 1 aliphatic rings. The molecule has 1 saturated heterocycles. The van der Waals surface area contributed by atoms with Gasteiger partial charge in [-0.25, -0.2) is 0 Å². The lowest BCUT2D eigenvalue weighted by molar-refractivity contribution is -0.137. The molecule has 0 radical (unpaired) electrons. The maximum atomic E-state index is 12.8. The Labute approximate surface area is 180 Å². The molecule has 2 amide bonds. The molecule has 0 aromatic heterocycles. The van der Waals surface area contributed by atoms with E-state index in [9.17, 15) is 22.8 Å². The van der Waals surface area contributed by atoms with Gasteiger partial charge in [-0.15, -0.1) is 0 Å². The number of piperidine rings is 1. The molecule has 4 nitrogen and oxygen atoms in total. The predicted molar refractivity (Wildman–Crippen MR) is 113 cm³/mol. The van der Waals surface area contributed by atoms with E-state index in [1.165, 1.54) is 12.1 Å². The molecule has 1 N–H and O–H groups in total. The molecule has 31 heavy (non-hydrogen) atoms. The maximum Gasteiger partial charge on any atom is 0.416 e. The lowest BCUT2D eigenvalue weighted by Crippen LogP contribution is -2.46. The minimum atomic E-state index is -4.43. The first kappa shape index (κ1) is 22.8. The number of nitrogens with zero attached hydrogens (tertiary/aromatic N) is 1. The van der Waals surface area contributed by atoms with Crippen LogP contribution in [0.3, 0.4) is 0 Å². The zero-order chi connectivity index (χ0) is 22.8. The van der Waals surface area contributed by atoms with Gasteiger partial charge in [0.05, 0.1) is 5.56 Å². The number of hydrogen-bond acceptors (Lipinski definition) is 2. The van der Waals surface area contributed by atoms with E-state index in [1.807, 2.05) is 24.3 Å². The van der Waals surface area contributed by atoms with Crippen LogP contribution in [0.4, 0.5) is 13.2 Å². The molecule has 0 unspecified atom stereocenters.